The van der Waals surface area contributed by atoms with Crippen LogP contribution in [0.5, 0.6) is 0 Å². The van der Waals surface area contributed by atoms with Crippen molar-refractivity contribution in [2.24, 2.45) is 0 Å². The molecule has 1 aromatic rings. The van der Waals surface area contributed by atoms with Crippen molar-refractivity contribution < 1.29 is 19.4 Å². The van der Waals surface area contributed by atoms with Gasteiger partial charge < -0.3 is 15.2 Å². The van der Waals surface area contributed by atoms with Crippen molar-refractivity contribution in [3.8, 4) is 0 Å². The van der Waals surface area contributed by atoms with Gasteiger partial charge in [-0.15, -0.1) is 6.58 Å². The fraction of sp³-hybridized carbons (Fsp3) is 0.333. The third-order valence-electron chi connectivity index (χ3n) is 2.61. The number of hydrogen-bond donors (Lipinski definition) is 2. The lowest BCUT2D eigenvalue weighted by Crippen LogP contribution is -2.33. The number of hydrogen-bond acceptors (Lipinski definition) is 3. The molecule has 1 atom stereocenters. The van der Waals surface area contributed by atoms with E-state index in [9.17, 15) is 9.59 Å². The van der Waals surface area contributed by atoms with Crippen molar-refractivity contribution in [3.05, 3.63) is 48.6 Å². The minimum Gasteiger partial charge on any atom is -0.479 e. The molecule has 108 valence electrons. The third-order valence-corrected chi connectivity index (χ3v) is 2.61. The highest BCUT2D eigenvalue weighted by atomic mass is 16.5. The molecule has 0 saturated carbocycles. The van der Waals surface area contributed by atoms with E-state index in [0.29, 0.717) is 25.2 Å². The van der Waals surface area contributed by atoms with Crippen molar-refractivity contribution in [1.29, 1.82) is 0 Å². The molecule has 0 aliphatic heterocycles. The third kappa shape index (κ3) is 5.67. The molecule has 0 aromatic heterocycles. The second kappa shape index (κ2) is 8.87. The summed E-state index contributed by atoms with van der Waals surface area (Å²) in [5, 5.41) is 11.7. The summed E-state index contributed by atoms with van der Waals surface area (Å²) in [5.74, 6) is -1.38. The minimum atomic E-state index is -1.08. The van der Waals surface area contributed by atoms with Gasteiger partial charge in [0.25, 0.3) is 0 Å². The predicted molar refractivity (Wildman–Crippen MR) is 75.2 cm³/mol. The van der Waals surface area contributed by atoms with Crippen molar-refractivity contribution in [2.75, 3.05) is 13.2 Å². The lowest BCUT2D eigenvalue weighted by molar-refractivity contribution is -0.142. The summed E-state index contributed by atoms with van der Waals surface area (Å²) >= 11 is 0. The van der Waals surface area contributed by atoms with Crippen LogP contribution in [0.15, 0.2) is 43.0 Å². The van der Waals surface area contributed by atoms with Crippen LogP contribution in [0.25, 0.3) is 0 Å². The van der Waals surface area contributed by atoms with Gasteiger partial charge in [-0.2, -0.15) is 0 Å². The molecule has 2 N–H and O–H groups in total. The highest BCUT2D eigenvalue weighted by Crippen LogP contribution is 2.12. The van der Waals surface area contributed by atoms with Crippen molar-refractivity contribution >= 4 is 11.9 Å². The molecule has 1 aromatic carbocycles. The monoisotopic (exact) mass is 277 g/mol. The first-order chi connectivity index (χ1) is 9.65. The van der Waals surface area contributed by atoms with Gasteiger partial charge in [-0.3, -0.25) is 4.79 Å². The molecular formula is C15H19NO4. The maximum Gasteiger partial charge on any atom is 0.330 e. The molecule has 0 heterocycles. The zero-order chi connectivity index (χ0) is 14.8. The fourth-order valence-corrected chi connectivity index (χ4v) is 1.67. The van der Waals surface area contributed by atoms with Crippen LogP contribution in [-0.4, -0.2) is 30.2 Å². The van der Waals surface area contributed by atoms with Gasteiger partial charge >= 0.3 is 5.97 Å². The highest BCUT2D eigenvalue weighted by molar-refractivity contribution is 5.84. The second-order valence-electron chi connectivity index (χ2n) is 4.22. The molecular weight excluding hydrogens is 258 g/mol. The van der Waals surface area contributed by atoms with Gasteiger partial charge in [-0.1, -0.05) is 36.4 Å². The van der Waals surface area contributed by atoms with E-state index in [1.807, 2.05) is 0 Å². The maximum absolute atomic E-state index is 11.7. The average molecular weight is 277 g/mol. The Labute approximate surface area is 118 Å². The Bertz CT molecular complexity index is 444. The molecule has 20 heavy (non-hydrogen) atoms. The van der Waals surface area contributed by atoms with E-state index in [1.54, 1.807) is 36.4 Å². The van der Waals surface area contributed by atoms with Crippen molar-refractivity contribution in [2.45, 2.75) is 18.9 Å². The van der Waals surface area contributed by atoms with Gasteiger partial charge in [0.15, 0.2) is 6.04 Å². The van der Waals surface area contributed by atoms with Crippen molar-refractivity contribution in [3.63, 3.8) is 0 Å². The van der Waals surface area contributed by atoms with Crippen molar-refractivity contribution in [1.82, 2.24) is 5.32 Å². The van der Waals surface area contributed by atoms with E-state index in [4.69, 9.17) is 9.84 Å². The second-order valence-corrected chi connectivity index (χ2v) is 4.22. The van der Waals surface area contributed by atoms with Crippen LogP contribution in [0.3, 0.4) is 0 Å². The molecule has 0 spiro atoms. The molecule has 5 nitrogen and oxygen atoms in total. The number of carbonyl (C=O) groups is 2. The lowest BCUT2D eigenvalue weighted by atomic mass is 10.1. The number of aliphatic carboxylic acids is 1. The first kappa shape index (κ1) is 15.9. The Morgan fingerprint density at radius 1 is 1.35 bits per heavy atom. The summed E-state index contributed by atoms with van der Waals surface area (Å²) < 4.78 is 5.16. The van der Waals surface area contributed by atoms with Crippen LogP contribution in [0.1, 0.15) is 24.4 Å². The Morgan fingerprint density at radius 2 is 2.05 bits per heavy atom. The number of amides is 1. The molecule has 0 unspecified atom stereocenters. The zero-order valence-electron chi connectivity index (χ0n) is 11.2. The Morgan fingerprint density at radius 3 is 2.65 bits per heavy atom. The first-order valence-corrected chi connectivity index (χ1v) is 6.41. The molecule has 1 amide bonds. The lowest BCUT2D eigenvalue weighted by Gasteiger charge is -2.14. The molecule has 0 aliphatic carbocycles. The normalized spacial score (nSPS) is 11.6. The molecule has 1 rings (SSSR count). The summed E-state index contributed by atoms with van der Waals surface area (Å²) in [6, 6.07) is 7.60. The number of carboxylic acid groups (broad SMARTS) is 1. The topological polar surface area (TPSA) is 75.6 Å². The standard InChI is InChI=1S/C15H19NO4/c1-2-10-20-11-6-9-13(17)16-14(15(18)19)12-7-4-3-5-8-12/h2-5,7-8,14H,1,6,9-11H2,(H,16,17)(H,18,19)/t14-/m0/s1. The Hall–Kier alpha value is -2.14. The predicted octanol–water partition coefficient (Wildman–Crippen LogP) is 1.91. The summed E-state index contributed by atoms with van der Waals surface area (Å²) in [6.45, 7) is 4.41. The van der Waals surface area contributed by atoms with Crippen LogP contribution in [0.2, 0.25) is 0 Å². The number of benzene rings is 1. The van der Waals surface area contributed by atoms with E-state index in [2.05, 4.69) is 11.9 Å². The SMILES string of the molecule is C=CCOCCCC(=O)N[C@H](C(=O)O)c1ccccc1. The first-order valence-electron chi connectivity index (χ1n) is 6.41. The molecule has 5 heteroatoms. The van der Waals surface area contributed by atoms with E-state index < -0.39 is 12.0 Å². The van der Waals surface area contributed by atoms with Crippen LogP contribution < -0.4 is 5.32 Å². The quantitative estimate of drug-likeness (QED) is 0.534. The number of ether oxygens (including phenoxy) is 1. The van der Waals surface area contributed by atoms with Gasteiger partial charge in [0.2, 0.25) is 5.91 Å². The number of rotatable bonds is 9. The van der Waals surface area contributed by atoms with E-state index in [1.165, 1.54) is 0 Å². The van der Waals surface area contributed by atoms with Gasteiger partial charge in [-0.25, -0.2) is 4.79 Å². The largest absolute Gasteiger partial charge is 0.479 e. The molecule has 0 fully saturated rings. The average Bonchev–Trinajstić information content (AvgIpc) is 2.45. The van der Waals surface area contributed by atoms with E-state index in [-0.39, 0.29) is 12.3 Å². The summed E-state index contributed by atoms with van der Waals surface area (Å²) in [4.78, 5) is 22.9. The molecule has 0 aliphatic rings. The number of nitrogens with one attached hydrogen (secondary N) is 1. The highest BCUT2D eigenvalue weighted by Gasteiger charge is 2.21. The molecule has 0 saturated heterocycles. The summed E-state index contributed by atoms with van der Waals surface area (Å²) in [6.07, 6.45) is 2.41. The smallest absolute Gasteiger partial charge is 0.330 e. The van der Waals surface area contributed by atoms with E-state index >= 15 is 0 Å². The van der Waals surface area contributed by atoms with Gasteiger partial charge in [0.1, 0.15) is 0 Å². The summed E-state index contributed by atoms with van der Waals surface area (Å²) in [5.41, 5.74) is 0.552. The maximum atomic E-state index is 11.7. The Balaban J connectivity index is 2.44. The van der Waals surface area contributed by atoms with Crippen LogP contribution >= 0.6 is 0 Å². The summed E-state index contributed by atoms with van der Waals surface area (Å²) in [7, 11) is 0. The zero-order valence-corrected chi connectivity index (χ0v) is 11.2. The van der Waals surface area contributed by atoms with Crippen LogP contribution in [0, 0.1) is 0 Å². The fourth-order valence-electron chi connectivity index (χ4n) is 1.67. The molecule has 0 radical (unpaired) electrons. The van der Waals surface area contributed by atoms with Gasteiger partial charge in [0.05, 0.1) is 6.61 Å². The van der Waals surface area contributed by atoms with Gasteiger partial charge in [0, 0.05) is 13.0 Å². The van der Waals surface area contributed by atoms with Gasteiger partial charge in [-0.05, 0) is 12.0 Å². The van der Waals surface area contributed by atoms with E-state index in [0.717, 1.165) is 0 Å². The van der Waals surface area contributed by atoms with Crippen LogP contribution in [0.4, 0.5) is 0 Å². The number of carboxylic acids is 1. The minimum absolute atomic E-state index is 0.230. The van der Waals surface area contributed by atoms with Crippen LogP contribution in [-0.2, 0) is 14.3 Å². The molecule has 0 bridgehead atoms. The number of carbonyl (C=O) groups excluding carboxylic acids is 1. The Kier molecular flexibility index (Phi) is 7.06.